The number of hydrogen-bond donors (Lipinski definition) is 0. The van der Waals surface area contributed by atoms with Gasteiger partial charge in [-0.1, -0.05) is 46.6 Å². The van der Waals surface area contributed by atoms with Gasteiger partial charge in [0.05, 0.1) is 18.4 Å². The van der Waals surface area contributed by atoms with E-state index in [9.17, 15) is 9.59 Å². The molecule has 0 saturated heterocycles. The summed E-state index contributed by atoms with van der Waals surface area (Å²) < 4.78 is 10.1. The van der Waals surface area contributed by atoms with Crippen molar-refractivity contribution in [2.24, 2.45) is 5.92 Å². The number of esters is 1. The Morgan fingerprint density at radius 3 is 1.91 bits per heavy atom. The van der Waals surface area contributed by atoms with Crippen molar-refractivity contribution in [1.29, 1.82) is 0 Å². The summed E-state index contributed by atoms with van der Waals surface area (Å²) in [6.45, 7) is 12.7. The van der Waals surface area contributed by atoms with E-state index in [0.717, 1.165) is 38.5 Å². The third-order valence-corrected chi connectivity index (χ3v) is 5.55. The Hall–Kier alpha value is -2.62. The summed E-state index contributed by atoms with van der Waals surface area (Å²) >= 11 is 0. The van der Waals surface area contributed by atoms with Crippen LogP contribution in [0.15, 0.2) is 69.6 Å². The standard InChI is InChI=1S/C29H42O4/c1-7-33-29(31)27(28(30)26-19-20-32-21-26)18-17-25(6)16-10-15-24(5)14-9-13-23(4)12-8-11-22(2)3/h11,13,15,17,19-21,27H,7-10,12,14,16,18H2,1-6H3/b23-13+,24-15+,25-17+. The Balaban J connectivity index is 2.51. The zero-order valence-corrected chi connectivity index (χ0v) is 21.4. The largest absolute Gasteiger partial charge is 0.472 e. The molecule has 0 radical (unpaired) electrons. The lowest BCUT2D eigenvalue weighted by Gasteiger charge is -2.12. The average molecular weight is 455 g/mol. The molecule has 0 N–H and O–H groups in total. The van der Waals surface area contributed by atoms with Crippen molar-refractivity contribution in [3.8, 4) is 0 Å². The lowest BCUT2D eigenvalue weighted by molar-refractivity contribution is -0.146. The average Bonchev–Trinajstić information content (AvgIpc) is 3.28. The third kappa shape index (κ3) is 12.3. The molecule has 0 aliphatic carbocycles. The molecule has 0 amide bonds. The molecule has 0 saturated carbocycles. The summed E-state index contributed by atoms with van der Waals surface area (Å²) in [5.41, 5.74) is 5.81. The molecule has 182 valence electrons. The first-order valence-corrected chi connectivity index (χ1v) is 12.1. The Bertz CT molecular complexity index is 846. The maximum atomic E-state index is 12.7. The first kappa shape index (κ1) is 28.4. The molecule has 0 fully saturated rings. The van der Waals surface area contributed by atoms with E-state index in [1.54, 1.807) is 13.0 Å². The van der Waals surface area contributed by atoms with Crippen LogP contribution in [0.3, 0.4) is 0 Å². The number of carbonyl (C=O) groups excluding carboxylic acids is 2. The number of allylic oxidation sites excluding steroid dienone is 8. The molecule has 1 atom stereocenters. The maximum Gasteiger partial charge on any atom is 0.317 e. The van der Waals surface area contributed by atoms with Crippen LogP contribution in [0.4, 0.5) is 0 Å². The lowest BCUT2D eigenvalue weighted by atomic mass is 9.94. The predicted molar refractivity (Wildman–Crippen MR) is 136 cm³/mol. The maximum absolute atomic E-state index is 12.7. The Labute approximate surface area is 200 Å². The van der Waals surface area contributed by atoms with Crippen LogP contribution in [-0.2, 0) is 9.53 Å². The minimum absolute atomic E-state index is 0.255. The lowest BCUT2D eigenvalue weighted by Crippen LogP contribution is -2.25. The molecule has 4 heteroatoms. The van der Waals surface area contributed by atoms with Crippen LogP contribution in [0.5, 0.6) is 0 Å². The molecule has 0 spiro atoms. The second kappa shape index (κ2) is 16.1. The number of rotatable bonds is 15. The number of ketones is 1. The summed E-state index contributed by atoms with van der Waals surface area (Å²) in [6.07, 6.45) is 18.4. The van der Waals surface area contributed by atoms with Crippen molar-refractivity contribution in [2.75, 3.05) is 6.61 Å². The first-order chi connectivity index (χ1) is 15.7. The van der Waals surface area contributed by atoms with Crippen molar-refractivity contribution in [1.82, 2.24) is 0 Å². The first-order valence-electron chi connectivity index (χ1n) is 12.1. The molecule has 1 unspecified atom stereocenters. The van der Waals surface area contributed by atoms with Crippen LogP contribution in [0.1, 0.15) is 96.8 Å². The van der Waals surface area contributed by atoms with E-state index in [4.69, 9.17) is 9.15 Å². The summed E-state index contributed by atoms with van der Waals surface area (Å²) in [4.78, 5) is 25.0. The molecule has 4 nitrogen and oxygen atoms in total. The molecule has 33 heavy (non-hydrogen) atoms. The molecule has 1 aromatic rings. The fourth-order valence-electron chi connectivity index (χ4n) is 3.47. The second-order valence-corrected chi connectivity index (χ2v) is 8.97. The molecular weight excluding hydrogens is 412 g/mol. The summed E-state index contributed by atoms with van der Waals surface area (Å²) in [6, 6.07) is 1.58. The molecule has 0 aliphatic heterocycles. The van der Waals surface area contributed by atoms with Gasteiger partial charge in [0.25, 0.3) is 0 Å². The highest BCUT2D eigenvalue weighted by Gasteiger charge is 2.28. The summed E-state index contributed by atoms with van der Waals surface area (Å²) in [5, 5.41) is 0. The molecule has 1 rings (SSSR count). The Morgan fingerprint density at radius 2 is 1.42 bits per heavy atom. The van der Waals surface area contributed by atoms with Crippen molar-refractivity contribution in [3.63, 3.8) is 0 Å². The van der Waals surface area contributed by atoms with Gasteiger partial charge in [0.15, 0.2) is 5.78 Å². The SMILES string of the molecule is CCOC(=O)C(C/C=C(\C)CC/C=C(\C)CC/C=C(\C)CCC=C(C)C)C(=O)c1ccoc1. The van der Waals surface area contributed by atoms with Crippen LogP contribution < -0.4 is 0 Å². The minimum atomic E-state index is -0.832. The van der Waals surface area contributed by atoms with Crippen LogP contribution >= 0.6 is 0 Å². The highest BCUT2D eigenvalue weighted by Crippen LogP contribution is 2.19. The van der Waals surface area contributed by atoms with Gasteiger partial charge in [0, 0.05) is 0 Å². The number of furan rings is 1. The van der Waals surface area contributed by atoms with Crippen molar-refractivity contribution in [3.05, 3.63) is 70.8 Å². The Morgan fingerprint density at radius 1 is 0.879 bits per heavy atom. The van der Waals surface area contributed by atoms with Crippen LogP contribution in [0.2, 0.25) is 0 Å². The summed E-state index contributed by atoms with van der Waals surface area (Å²) in [5.74, 6) is -1.57. The molecular formula is C29H42O4. The van der Waals surface area contributed by atoms with E-state index in [1.807, 2.05) is 13.0 Å². The smallest absolute Gasteiger partial charge is 0.317 e. The minimum Gasteiger partial charge on any atom is -0.472 e. The van der Waals surface area contributed by atoms with Gasteiger partial charge >= 0.3 is 5.97 Å². The molecule has 0 aromatic carbocycles. The zero-order valence-electron chi connectivity index (χ0n) is 21.4. The Kier molecular flexibility index (Phi) is 13.8. The molecule has 0 aliphatic rings. The normalized spacial score (nSPS) is 13.6. The number of ether oxygens (including phenoxy) is 1. The topological polar surface area (TPSA) is 56.5 Å². The monoisotopic (exact) mass is 454 g/mol. The summed E-state index contributed by atoms with van der Waals surface area (Å²) in [7, 11) is 0. The van der Waals surface area contributed by atoms with Gasteiger partial charge in [-0.2, -0.15) is 0 Å². The third-order valence-electron chi connectivity index (χ3n) is 5.55. The highest BCUT2D eigenvalue weighted by molar-refractivity contribution is 6.08. The van der Waals surface area contributed by atoms with Gasteiger partial charge in [-0.15, -0.1) is 0 Å². The highest BCUT2D eigenvalue weighted by atomic mass is 16.5. The molecule has 1 heterocycles. The quantitative estimate of drug-likeness (QED) is 0.116. The fourth-order valence-corrected chi connectivity index (χ4v) is 3.47. The van der Waals surface area contributed by atoms with Crippen molar-refractivity contribution in [2.45, 2.75) is 86.5 Å². The van der Waals surface area contributed by atoms with E-state index in [2.05, 4.69) is 45.9 Å². The predicted octanol–water partition coefficient (Wildman–Crippen LogP) is 8.18. The number of Topliss-reactive ketones (excluding diaryl/α,β-unsaturated/α-hetero) is 1. The van der Waals surface area contributed by atoms with E-state index >= 15 is 0 Å². The van der Waals surface area contributed by atoms with Gasteiger partial charge in [0.1, 0.15) is 12.2 Å². The van der Waals surface area contributed by atoms with Gasteiger partial charge in [-0.25, -0.2) is 0 Å². The fraction of sp³-hybridized carbons (Fsp3) is 0.517. The van der Waals surface area contributed by atoms with Gasteiger partial charge in [0.2, 0.25) is 0 Å². The van der Waals surface area contributed by atoms with Crippen molar-refractivity contribution < 1.29 is 18.7 Å². The van der Waals surface area contributed by atoms with Gasteiger partial charge < -0.3 is 9.15 Å². The number of carbonyl (C=O) groups is 2. The van der Waals surface area contributed by atoms with E-state index in [0.29, 0.717) is 12.0 Å². The molecule has 1 aromatic heterocycles. The second-order valence-electron chi connectivity index (χ2n) is 8.97. The van der Waals surface area contributed by atoms with Crippen LogP contribution in [-0.4, -0.2) is 18.4 Å². The van der Waals surface area contributed by atoms with Crippen molar-refractivity contribution >= 4 is 11.8 Å². The zero-order chi connectivity index (χ0) is 24.6. The van der Waals surface area contributed by atoms with E-state index < -0.39 is 11.9 Å². The van der Waals surface area contributed by atoms with E-state index in [1.165, 1.54) is 34.8 Å². The van der Waals surface area contributed by atoms with Crippen LogP contribution in [0, 0.1) is 5.92 Å². The van der Waals surface area contributed by atoms with Gasteiger partial charge in [-0.3, -0.25) is 9.59 Å². The number of hydrogen-bond acceptors (Lipinski definition) is 4. The van der Waals surface area contributed by atoms with E-state index in [-0.39, 0.29) is 12.4 Å². The van der Waals surface area contributed by atoms with Crippen LogP contribution in [0.25, 0.3) is 0 Å². The van der Waals surface area contributed by atoms with Gasteiger partial charge in [-0.05, 0) is 92.6 Å². The molecule has 0 bridgehead atoms.